The van der Waals surface area contributed by atoms with E-state index in [1.807, 2.05) is 0 Å². The molecule has 342 valence electrons. The second-order valence-electron chi connectivity index (χ2n) is 14.9. The molecule has 0 unspecified atom stereocenters. The number of nitrogens with zero attached hydrogens (tertiary/aromatic N) is 8. The number of amides is 3. The van der Waals surface area contributed by atoms with Crippen molar-refractivity contribution in [3.63, 3.8) is 0 Å². The van der Waals surface area contributed by atoms with E-state index in [1.165, 1.54) is 37.4 Å². The summed E-state index contributed by atoms with van der Waals surface area (Å²) in [6.07, 6.45) is 3.01. The Bertz CT molecular complexity index is 3210. The van der Waals surface area contributed by atoms with Gasteiger partial charge in [0.2, 0.25) is 11.3 Å². The van der Waals surface area contributed by atoms with Gasteiger partial charge in [0, 0.05) is 25.2 Å². The molecular weight excluding hydrogens is 885 g/mol. The molecule has 4 N–H and O–H groups in total. The van der Waals surface area contributed by atoms with Crippen molar-refractivity contribution in [3.05, 3.63) is 173 Å². The molecule has 1 aliphatic carbocycles. The van der Waals surface area contributed by atoms with E-state index < -0.39 is 62.6 Å². The molecule has 8 rings (SSSR count). The van der Waals surface area contributed by atoms with Gasteiger partial charge in [-0.05, 0) is 84.3 Å². The van der Waals surface area contributed by atoms with Gasteiger partial charge in [-0.3, -0.25) is 34.6 Å². The lowest BCUT2D eigenvalue weighted by molar-refractivity contribution is -0.383. The molecule has 67 heavy (non-hydrogen) atoms. The molecule has 3 amide bonds. The zero-order valence-corrected chi connectivity index (χ0v) is 35.3. The quantitative estimate of drug-likeness (QED) is 0.0717. The number of nitro groups is 2. The minimum atomic E-state index is -1.45. The highest BCUT2D eigenvalue weighted by molar-refractivity contribution is 5.99. The summed E-state index contributed by atoms with van der Waals surface area (Å²) in [4.78, 5) is 91.0. The number of aryl methyl sites for hydroxylation is 3. The predicted molar refractivity (Wildman–Crippen MR) is 227 cm³/mol. The van der Waals surface area contributed by atoms with E-state index in [0.29, 0.717) is 40.7 Å². The summed E-state index contributed by atoms with van der Waals surface area (Å²) in [5.74, 6) is -4.69. The third-order valence-corrected chi connectivity index (χ3v) is 10.5. The number of aromatic nitrogens is 6. The first-order valence-electron chi connectivity index (χ1n) is 19.8. The molecule has 4 heterocycles. The van der Waals surface area contributed by atoms with E-state index in [0.717, 1.165) is 38.6 Å². The Kier molecular flexibility index (Phi) is 13.0. The molecule has 0 saturated heterocycles. The maximum absolute atomic E-state index is 13.6. The number of hydrogen-bond donors (Lipinski definition) is 4. The van der Waals surface area contributed by atoms with E-state index in [2.05, 4.69) is 36.1 Å². The third-order valence-electron chi connectivity index (χ3n) is 10.5. The number of fused-ring (bicyclic) bond motifs is 3. The van der Waals surface area contributed by atoms with Crippen LogP contribution in [0.15, 0.2) is 79.1 Å². The number of halogens is 2. The highest BCUT2D eigenvalue weighted by Crippen LogP contribution is 2.32. The van der Waals surface area contributed by atoms with Crippen LogP contribution in [0.25, 0.3) is 11.3 Å². The van der Waals surface area contributed by atoms with Gasteiger partial charge in [0.15, 0.2) is 5.69 Å². The zero-order chi connectivity index (χ0) is 48.3. The highest BCUT2D eigenvalue weighted by Gasteiger charge is 2.29. The van der Waals surface area contributed by atoms with E-state index >= 15 is 0 Å². The van der Waals surface area contributed by atoms with E-state index in [-0.39, 0.29) is 53.1 Å². The van der Waals surface area contributed by atoms with Gasteiger partial charge in [0.25, 0.3) is 17.7 Å². The zero-order valence-electron chi connectivity index (χ0n) is 35.3. The summed E-state index contributed by atoms with van der Waals surface area (Å²) >= 11 is 0. The summed E-state index contributed by atoms with van der Waals surface area (Å²) in [7, 11) is 1.30. The van der Waals surface area contributed by atoms with Crippen molar-refractivity contribution in [1.82, 2.24) is 45.1 Å². The number of carboxylic acid groups (broad SMARTS) is 1. The van der Waals surface area contributed by atoms with Crippen molar-refractivity contribution in [1.29, 1.82) is 0 Å². The van der Waals surface area contributed by atoms with Crippen LogP contribution in [-0.4, -0.2) is 80.9 Å². The molecule has 3 aromatic carbocycles. The van der Waals surface area contributed by atoms with Gasteiger partial charge in [0.05, 0.1) is 28.6 Å². The van der Waals surface area contributed by atoms with Gasteiger partial charge in [-0.1, -0.05) is 30.3 Å². The number of aromatic carboxylic acids is 1. The van der Waals surface area contributed by atoms with Gasteiger partial charge in [0.1, 0.15) is 41.1 Å². The lowest BCUT2D eigenvalue weighted by Gasteiger charge is -2.15. The molecule has 0 aliphatic heterocycles. The Morgan fingerprint density at radius 3 is 1.73 bits per heavy atom. The minimum absolute atomic E-state index is 0.0372. The maximum Gasteiger partial charge on any atom is 0.354 e. The Labute approximate surface area is 374 Å². The number of hydrogen-bond acceptors (Lipinski definition) is 14. The monoisotopic (exact) mass is 919 g/mol. The standard InChI is InChI=1S/C27H23FN6O6.C16H12FN5O5/c1-14-9-15(3-7-19(14)28)12-29-26(36)22-11-21(31-24-23(34(38)39)13-30-33(22)24)25(35)32-20-8-5-16-10-17(27(37)40-2)4-6-18(16)20;1-8-4-9(2-3-10(8)17)6-18-15(23)12-5-11(16(24)25)20-14-13(22(26)27)7-19-21(12)14/h3-4,6-7,9-11,13,20H,5,8,12H2,1-2H3,(H,29,36)(H,32,35);2-5,7H,6H2,1H3,(H,18,23)(H,24,25)/t20-;/m0./s1. The highest BCUT2D eigenvalue weighted by atomic mass is 19.1. The number of carboxylic acids is 1. The number of carbonyl (C=O) groups is 5. The predicted octanol–water partition coefficient (Wildman–Crippen LogP) is 4.93. The van der Waals surface area contributed by atoms with Gasteiger partial charge in [-0.25, -0.2) is 37.4 Å². The SMILES string of the molecule is COC(=O)c1ccc2c(c1)CC[C@@H]2NC(=O)c1cc(C(=O)NCc2ccc(F)c(C)c2)n2ncc([N+](=O)[O-])c2n1.Cc1cc(CNC(=O)c2cc(C(=O)O)nc3c([N+](=O)[O-])cnn23)ccc1F. The largest absolute Gasteiger partial charge is 0.477 e. The molecule has 1 atom stereocenters. The Hall–Kier alpha value is -9.09. The van der Waals surface area contributed by atoms with Gasteiger partial charge >= 0.3 is 23.3 Å². The van der Waals surface area contributed by atoms with Crippen LogP contribution in [0.5, 0.6) is 0 Å². The van der Waals surface area contributed by atoms with E-state index in [9.17, 15) is 53.0 Å². The molecule has 0 fully saturated rings. The first-order valence-corrected chi connectivity index (χ1v) is 19.8. The lowest BCUT2D eigenvalue weighted by atomic mass is 10.0. The first-order chi connectivity index (χ1) is 31.9. The van der Waals surface area contributed by atoms with Crippen LogP contribution >= 0.6 is 0 Å². The average molecular weight is 920 g/mol. The summed E-state index contributed by atoms with van der Waals surface area (Å²) in [6, 6.07) is 15.6. The topological polar surface area (TPSA) is 298 Å². The molecule has 0 spiro atoms. The summed E-state index contributed by atoms with van der Waals surface area (Å²) < 4.78 is 33.6. The Morgan fingerprint density at radius 1 is 0.746 bits per heavy atom. The number of rotatable bonds is 12. The van der Waals surface area contributed by atoms with E-state index in [4.69, 9.17) is 9.84 Å². The number of nitrogens with one attached hydrogen (secondary N) is 3. The van der Waals surface area contributed by atoms with Crippen LogP contribution in [0, 0.1) is 45.7 Å². The number of ether oxygens (including phenoxy) is 1. The van der Waals surface area contributed by atoms with Crippen LogP contribution in [0.4, 0.5) is 20.2 Å². The average Bonchev–Trinajstić information content (AvgIpc) is 4.06. The van der Waals surface area contributed by atoms with Gasteiger partial charge in [-0.2, -0.15) is 10.2 Å². The van der Waals surface area contributed by atoms with Crippen LogP contribution in [0.1, 0.15) is 98.2 Å². The summed E-state index contributed by atoms with van der Waals surface area (Å²) in [6.45, 7) is 3.26. The van der Waals surface area contributed by atoms with Crippen molar-refractivity contribution in [2.75, 3.05) is 7.11 Å². The van der Waals surface area contributed by atoms with Crippen molar-refractivity contribution >= 4 is 52.3 Å². The third kappa shape index (κ3) is 9.71. The van der Waals surface area contributed by atoms with Crippen molar-refractivity contribution in [3.8, 4) is 0 Å². The normalized spacial score (nSPS) is 12.7. The summed E-state index contributed by atoms with van der Waals surface area (Å²) in [5, 5.41) is 47.5. The molecule has 0 bridgehead atoms. The Morgan fingerprint density at radius 2 is 1.25 bits per heavy atom. The molecule has 24 heteroatoms. The Balaban J connectivity index is 0.000000215. The van der Waals surface area contributed by atoms with Crippen molar-refractivity contribution < 1.29 is 52.4 Å². The van der Waals surface area contributed by atoms with Crippen LogP contribution < -0.4 is 16.0 Å². The molecule has 22 nitrogen and oxygen atoms in total. The minimum Gasteiger partial charge on any atom is -0.477 e. The number of esters is 1. The fourth-order valence-corrected chi connectivity index (χ4v) is 7.13. The second kappa shape index (κ2) is 18.9. The summed E-state index contributed by atoms with van der Waals surface area (Å²) in [5.41, 5.74) is 1.45. The number of methoxy groups -OCH3 is 1. The van der Waals surface area contributed by atoms with Crippen molar-refractivity contribution in [2.24, 2.45) is 0 Å². The fraction of sp³-hybridized carbons (Fsp3) is 0.186. The molecule has 0 saturated carbocycles. The molecule has 1 aliphatic rings. The molecule has 4 aromatic heterocycles. The first kappa shape index (κ1) is 45.9. The van der Waals surface area contributed by atoms with Crippen LogP contribution in [0.3, 0.4) is 0 Å². The fourth-order valence-electron chi connectivity index (χ4n) is 7.13. The van der Waals surface area contributed by atoms with E-state index in [1.54, 1.807) is 44.2 Å². The van der Waals surface area contributed by atoms with Crippen LogP contribution in [-0.2, 0) is 24.2 Å². The van der Waals surface area contributed by atoms with Crippen LogP contribution in [0.2, 0.25) is 0 Å². The molecular formula is C43H35F2N11O11. The molecule has 0 radical (unpaired) electrons. The number of carbonyl (C=O) groups excluding carboxylic acids is 4. The second-order valence-corrected chi connectivity index (χ2v) is 14.9. The molecule has 7 aromatic rings. The van der Waals surface area contributed by atoms with Gasteiger partial charge < -0.3 is 25.8 Å². The number of benzene rings is 3. The van der Waals surface area contributed by atoms with Crippen molar-refractivity contribution in [2.45, 2.75) is 45.8 Å². The smallest absolute Gasteiger partial charge is 0.354 e. The lowest BCUT2D eigenvalue weighted by Crippen LogP contribution is -2.30. The maximum atomic E-state index is 13.6. The van der Waals surface area contributed by atoms with Gasteiger partial charge in [-0.15, -0.1) is 0 Å².